The number of fused-ring (bicyclic) bond motifs is 1. The third-order valence-corrected chi connectivity index (χ3v) is 6.08. The van der Waals surface area contributed by atoms with Crippen LogP contribution in [-0.4, -0.2) is 32.3 Å². The van der Waals surface area contributed by atoms with Gasteiger partial charge in [-0.2, -0.15) is 5.10 Å². The van der Waals surface area contributed by atoms with Crippen molar-refractivity contribution in [2.45, 2.75) is 11.8 Å². The van der Waals surface area contributed by atoms with Gasteiger partial charge >= 0.3 is 0 Å². The van der Waals surface area contributed by atoms with Crippen molar-refractivity contribution in [3.05, 3.63) is 99.8 Å². The van der Waals surface area contributed by atoms with E-state index in [4.69, 9.17) is 20.8 Å². The van der Waals surface area contributed by atoms with Crippen molar-refractivity contribution in [3.63, 3.8) is 0 Å². The molecule has 5 aromatic rings. The maximum atomic E-state index is 13.0. The molecule has 0 atom stereocenters. The van der Waals surface area contributed by atoms with Crippen molar-refractivity contribution in [3.8, 4) is 17.3 Å². The van der Waals surface area contributed by atoms with E-state index in [0.717, 1.165) is 11.3 Å². The van der Waals surface area contributed by atoms with Gasteiger partial charge in [0, 0.05) is 16.2 Å². The molecule has 34 heavy (non-hydrogen) atoms. The van der Waals surface area contributed by atoms with Gasteiger partial charge in [-0.15, -0.1) is 10.2 Å². The molecule has 0 amide bonds. The minimum absolute atomic E-state index is 0.170. The lowest BCUT2D eigenvalue weighted by molar-refractivity contribution is 0.343. The highest BCUT2D eigenvalue weighted by atomic mass is 35.5. The smallest absolute Gasteiger partial charge is 0.277 e. The van der Waals surface area contributed by atoms with Gasteiger partial charge in [-0.1, -0.05) is 71.9 Å². The van der Waals surface area contributed by atoms with E-state index < -0.39 is 0 Å². The van der Waals surface area contributed by atoms with E-state index in [-0.39, 0.29) is 11.4 Å². The molecular weight excluding hydrogens is 472 g/mol. The average molecular weight is 491 g/mol. The molecule has 0 saturated heterocycles. The van der Waals surface area contributed by atoms with Crippen LogP contribution in [-0.2, 0) is 6.54 Å². The lowest BCUT2D eigenvalue weighted by Crippen LogP contribution is -2.24. The van der Waals surface area contributed by atoms with Crippen LogP contribution < -0.4 is 10.3 Å². The van der Waals surface area contributed by atoms with E-state index in [1.165, 1.54) is 16.4 Å². The molecule has 0 spiro atoms. The van der Waals surface area contributed by atoms with Crippen molar-refractivity contribution in [2.75, 3.05) is 12.4 Å². The maximum Gasteiger partial charge on any atom is 0.277 e. The van der Waals surface area contributed by atoms with Crippen LogP contribution in [0.3, 0.4) is 0 Å². The third-order valence-electron chi connectivity index (χ3n) is 5.04. The summed E-state index contributed by atoms with van der Waals surface area (Å²) in [5, 5.41) is 15.2. The number of hydrogen-bond donors (Lipinski definition) is 0. The summed E-state index contributed by atoms with van der Waals surface area (Å²) < 4.78 is 13.0. The molecule has 0 aliphatic carbocycles. The molecule has 3 aromatic carbocycles. The summed E-state index contributed by atoms with van der Waals surface area (Å²) in [5.41, 5.74) is 1.28. The molecule has 2 aromatic heterocycles. The first-order valence-electron chi connectivity index (χ1n) is 10.6. The van der Waals surface area contributed by atoms with Gasteiger partial charge in [0.1, 0.15) is 5.75 Å². The minimum Gasteiger partial charge on any atom is -0.493 e. The second-order valence-corrected chi connectivity index (χ2v) is 8.85. The van der Waals surface area contributed by atoms with Crippen molar-refractivity contribution >= 4 is 34.1 Å². The lowest BCUT2D eigenvalue weighted by Gasteiger charge is -2.09. The van der Waals surface area contributed by atoms with Crippen LogP contribution in [0.2, 0.25) is 5.02 Å². The number of rotatable bonds is 8. The number of thioether (sulfide) groups is 1. The molecule has 0 unspecified atom stereocenters. The zero-order valence-corrected chi connectivity index (χ0v) is 19.5. The molecule has 170 valence electrons. The number of ether oxygens (including phenoxy) is 1. The van der Waals surface area contributed by atoms with Gasteiger partial charge in [-0.3, -0.25) is 4.79 Å². The molecular formula is C25H19ClN4O3S. The summed E-state index contributed by atoms with van der Waals surface area (Å²) in [6.45, 7) is 0.808. The van der Waals surface area contributed by atoms with Crippen molar-refractivity contribution in [1.29, 1.82) is 0 Å². The van der Waals surface area contributed by atoms with Gasteiger partial charge in [0.05, 0.1) is 18.5 Å². The molecule has 9 heteroatoms. The van der Waals surface area contributed by atoms with Crippen LogP contribution >= 0.6 is 23.4 Å². The minimum atomic E-state index is -0.170. The quantitative estimate of drug-likeness (QED) is 0.215. The molecule has 0 N–H and O–H groups in total. The molecule has 0 saturated carbocycles. The Hall–Kier alpha value is -3.62. The molecule has 0 bridgehead atoms. The normalized spacial score (nSPS) is 11.1. The van der Waals surface area contributed by atoms with Crippen LogP contribution in [0.25, 0.3) is 22.4 Å². The van der Waals surface area contributed by atoms with Crippen LogP contribution in [0.1, 0.15) is 5.56 Å². The zero-order valence-electron chi connectivity index (χ0n) is 17.9. The number of nitrogens with zero attached hydrogens (tertiary/aromatic N) is 4. The Morgan fingerprint density at radius 3 is 2.44 bits per heavy atom. The van der Waals surface area contributed by atoms with Gasteiger partial charge in [0.15, 0.2) is 5.69 Å². The molecule has 5 rings (SSSR count). The second-order valence-electron chi connectivity index (χ2n) is 7.37. The largest absolute Gasteiger partial charge is 0.493 e. The molecule has 0 aliphatic rings. The van der Waals surface area contributed by atoms with Gasteiger partial charge < -0.3 is 9.15 Å². The van der Waals surface area contributed by atoms with Gasteiger partial charge in [-0.05, 0) is 35.9 Å². The first kappa shape index (κ1) is 22.2. The predicted molar refractivity (Wildman–Crippen MR) is 133 cm³/mol. The summed E-state index contributed by atoms with van der Waals surface area (Å²) in [6.07, 6.45) is 0. The summed E-state index contributed by atoms with van der Waals surface area (Å²) in [5.74, 6) is 1.62. The highest BCUT2D eigenvalue weighted by Crippen LogP contribution is 2.27. The molecule has 0 fully saturated rings. The van der Waals surface area contributed by atoms with E-state index in [1.807, 2.05) is 60.7 Å². The predicted octanol–water partition coefficient (Wildman–Crippen LogP) is 5.32. The average Bonchev–Trinajstić information content (AvgIpc) is 3.34. The summed E-state index contributed by atoms with van der Waals surface area (Å²) in [7, 11) is 0. The van der Waals surface area contributed by atoms with Crippen molar-refractivity contribution in [1.82, 2.24) is 20.0 Å². The Morgan fingerprint density at radius 1 is 0.912 bits per heavy atom. The molecule has 2 heterocycles. The van der Waals surface area contributed by atoms with Crippen LogP contribution in [0.15, 0.2) is 93.3 Å². The number of hydrogen-bond acceptors (Lipinski definition) is 7. The number of aromatic nitrogens is 4. The summed E-state index contributed by atoms with van der Waals surface area (Å²) in [6, 6.07) is 24.2. The monoisotopic (exact) mass is 490 g/mol. The Morgan fingerprint density at radius 2 is 1.65 bits per heavy atom. The fraction of sp³-hybridized carbons (Fsp3) is 0.120. The summed E-state index contributed by atoms with van der Waals surface area (Å²) >= 11 is 7.28. The van der Waals surface area contributed by atoms with Gasteiger partial charge in [-0.25, -0.2) is 4.68 Å². The van der Waals surface area contributed by atoms with Crippen LogP contribution in [0.4, 0.5) is 0 Å². The Bertz CT molecular complexity index is 1470. The Kier molecular flexibility index (Phi) is 6.60. The van der Waals surface area contributed by atoms with Crippen LogP contribution in [0, 0.1) is 0 Å². The fourth-order valence-electron chi connectivity index (χ4n) is 3.44. The second kappa shape index (κ2) is 10.1. The molecule has 0 aliphatic heterocycles. The Balaban J connectivity index is 1.36. The summed E-state index contributed by atoms with van der Waals surface area (Å²) in [4.78, 5) is 13.0. The number of benzene rings is 3. The Labute approximate surface area is 204 Å². The third kappa shape index (κ3) is 4.98. The van der Waals surface area contributed by atoms with E-state index >= 15 is 0 Å². The van der Waals surface area contributed by atoms with E-state index in [1.54, 1.807) is 18.2 Å². The standard InChI is InChI=1S/C25H19ClN4O3S/c26-18-10-12-19(13-11-18)32-14-15-34-25-28-27-23(33-25)22-20-8-4-5-9-21(20)24(31)30(29-22)16-17-6-2-1-3-7-17/h1-13H,14-16H2. The van der Waals surface area contributed by atoms with Crippen LogP contribution in [0.5, 0.6) is 5.75 Å². The van der Waals surface area contributed by atoms with E-state index in [0.29, 0.717) is 45.6 Å². The first-order chi connectivity index (χ1) is 16.7. The maximum absolute atomic E-state index is 13.0. The topological polar surface area (TPSA) is 83.0 Å². The SMILES string of the molecule is O=c1c2ccccc2c(-c2nnc(SCCOc3ccc(Cl)cc3)o2)nn1Cc1ccccc1. The number of halogens is 1. The molecule has 7 nitrogen and oxygen atoms in total. The lowest BCUT2D eigenvalue weighted by atomic mass is 10.1. The van der Waals surface area contributed by atoms with E-state index in [9.17, 15) is 4.79 Å². The first-order valence-corrected chi connectivity index (χ1v) is 11.9. The van der Waals surface area contributed by atoms with Gasteiger partial charge in [0.2, 0.25) is 0 Å². The fourth-order valence-corrected chi connectivity index (χ4v) is 4.14. The zero-order chi connectivity index (χ0) is 23.3. The highest BCUT2D eigenvalue weighted by molar-refractivity contribution is 7.99. The van der Waals surface area contributed by atoms with Gasteiger partial charge in [0.25, 0.3) is 16.7 Å². The van der Waals surface area contributed by atoms with E-state index in [2.05, 4.69) is 15.3 Å². The van der Waals surface area contributed by atoms with Crippen molar-refractivity contribution < 1.29 is 9.15 Å². The van der Waals surface area contributed by atoms with Crippen molar-refractivity contribution in [2.24, 2.45) is 0 Å². The highest BCUT2D eigenvalue weighted by Gasteiger charge is 2.18. The molecule has 0 radical (unpaired) electrons.